The van der Waals surface area contributed by atoms with Gasteiger partial charge in [-0.2, -0.15) is 0 Å². The third kappa shape index (κ3) is 2.27. The van der Waals surface area contributed by atoms with Gasteiger partial charge in [-0.15, -0.1) is 0 Å². The SMILES string of the molecule is Oc1ccc([C@H](O)[C@@H]2CNCCN2)cc1O. The van der Waals surface area contributed by atoms with Gasteiger partial charge < -0.3 is 26.0 Å². The maximum atomic E-state index is 10.1. The minimum atomic E-state index is -0.695. The highest BCUT2D eigenvalue weighted by molar-refractivity contribution is 5.41. The molecule has 1 aliphatic rings. The largest absolute Gasteiger partial charge is 0.504 e. The number of hydrogen-bond donors (Lipinski definition) is 5. The van der Waals surface area contributed by atoms with Crippen molar-refractivity contribution in [3.05, 3.63) is 23.8 Å². The molecule has 1 aromatic carbocycles. The first-order valence-corrected chi connectivity index (χ1v) is 5.32. The summed E-state index contributed by atoms with van der Waals surface area (Å²) in [4.78, 5) is 0. The molecule has 1 fully saturated rings. The Morgan fingerprint density at radius 1 is 1.19 bits per heavy atom. The maximum Gasteiger partial charge on any atom is 0.157 e. The van der Waals surface area contributed by atoms with Crippen LogP contribution in [0.1, 0.15) is 11.7 Å². The average molecular weight is 224 g/mol. The van der Waals surface area contributed by atoms with E-state index in [2.05, 4.69) is 10.6 Å². The molecule has 5 heteroatoms. The lowest BCUT2D eigenvalue weighted by atomic mass is 10.0. The zero-order chi connectivity index (χ0) is 11.5. The lowest BCUT2D eigenvalue weighted by molar-refractivity contribution is 0.119. The van der Waals surface area contributed by atoms with Crippen LogP contribution in [0.5, 0.6) is 11.5 Å². The predicted molar refractivity (Wildman–Crippen MR) is 59.4 cm³/mol. The van der Waals surface area contributed by atoms with Gasteiger partial charge in [0.1, 0.15) is 0 Å². The number of aromatic hydroxyl groups is 2. The molecule has 0 saturated carbocycles. The fraction of sp³-hybridized carbons (Fsp3) is 0.455. The molecule has 0 amide bonds. The van der Waals surface area contributed by atoms with E-state index >= 15 is 0 Å². The molecule has 0 aromatic heterocycles. The molecule has 0 radical (unpaired) electrons. The van der Waals surface area contributed by atoms with Crippen LogP contribution in [0.3, 0.4) is 0 Å². The van der Waals surface area contributed by atoms with Gasteiger partial charge in [-0.3, -0.25) is 0 Å². The van der Waals surface area contributed by atoms with E-state index in [0.717, 1.165) is 13.1 Å². The van der Waals surface area contributed by atoms with Crippen LogP contribution < -0.4 is 10.6 Å². The minimum Gasteiger partial charge on any atom is -0.504 e. The Kier molecular flexibility index (Phi) is 3.28. The van der Waals surface area contributed by atoms with Crippen LogP contribution in [0.25, 0.3) is 0 Å². The second-order valence-corrected chi connectivity index (χ2v) is 3.96. The van der Waals surface area contributed by atoms with E-state index in [-0.39, 0.29) is 17.5 Å². The van der Waals surface area contributed by atoms with Crippen molar-refractivity contribution < 1.29 is 15.3 Å². The first-order chi connectivity index (χ1) is 7.68. The number of benzene rings is 1. The highest BCUT2D eigenvalue weighted by Gasteiger charge is 2.22. The highest BCUT2D eigenvalue weighted by Crippen LogP contribution is 2.28. The highest BCUT2D eigenvalue weighted by atomic mass is 16.3. The van der Waals surface area contributed by atoms with Crippen LogP contribution in [0.15, 0.2) is 18.2 Å². The average Bonchev–Trinajstić information content (AvgIpc) is 2.33. The van der Waals surface area contributed by atoms with Crippen LogP contribution >= 0.6 is 0 Å². The monoisotopic (exact) mass is 224 g/mol. The molecule has 2 atom stereocenters. The third-order valence-electron chi connectivity index (χ3n) is 2.79. The van der Waals surface area contributed by atoms with Gasteiger partial charge in [-0.1, -0.05) is 6.07 Å². The van der Waals surface area contributed by atoms with E-state index in [0.29, 0.717) is 12.1 Å². The fourth-order valence-electron chi connectivity index (χ4n) is 1.86. The van der Waals surface area contributed by atoms with E-state index in [4.69, 9.17) is 0 Å². The Labute approximate surface area is 93.7 Å². The van der Waals surface area contributed by atoms with Crippen molar-refractivity contribution in [1.29, 1.82) is 0 Å². The zero-order valence-corrected chi connectivity index (χ0v) is 8.85. The van der Waals surface area contributed by atoms with Crippen molar-refractivity contribution >= 4 is 0 Å². The summed E-state index contributed by atoms with van der Waals surface area (Å²) in [6.07, 6.45) is -0.695. The molecule has 1 saturated heterocycles. The first-order valence-electron chi connectivity index (χ1n) is 5.32. The molecular weight excluding hydrogens is 208 g/mol. The number of phenols is 2. The van der Waals surface area contributed by atoms with Gasteiger partial charge in [0.25, 0.3) is 0 Å². The van der Waals surface area contributed by atoms with Gasteiger partial charge in [-0.05, 0) is 17.7 Å². The fourth-order valence-corrected chi connectivity index (χ4v) is 1.86. The molecule has 0 bridgehead atoms. The molecule has 16 heavy (non-hydrogen) atoms. The number of rotatable bonds is 2. The molecule has 0 spiro atoms. The van der Waals surface area contributed by atoms with E-state index in [1.165, 1.54) is 12.1 Å². The summed E-state index contributed by atoms with van der Waals surface area (Å²) in [7, 11) is 0. The first kappa shape index (κ1) is 11.2. The van der Waals surface area contributed by atoms with Gasteiger partial charge in [0.15, 0.2) is 11.5 Å². The van der Waals surface area contributed by atoms with E-state index in [1.807, 2.05) is 0 Å². The Morgan fingerprint density at radius 3 is 2.62 bits per heavy atom. The summed E-state index contributed by atoms with van der Waals surface area (Å²) in [5.41, 5.74) is 0.594. The summed E-state index contributed by atoms with van der Waals surface area (Å²) in [5, 5.41) is 35.0. The summed E-state index contributed by atoms with van der Waals surface area (Å²) in [6.45, 7) is 2.39. The van der Waals surface area contributed by atoms with E-state index < -0.39 is 6.10 Å². The number of piperazine rings is 1. The predicted octanol–water partition coefficient (Wildman–Crippen LogP) is -0.307. The number of phenolic OH excluding ortho intramolecular Hbond substituents is 2. The summed E-state index contributed by atoms with van der Waals surface area (Å²) < 4.78 is 0. The number of aliphatic hydroxyl groups is 1. The van der Waals surface area contributed by atoms with Crippen molar-refractivity contribution in [3.8, 4) is 11.5 Å². The minimum absolute atomic E-state index is 0.0716. The van der Waals surface area contributed by atoms with Crippen LogP contribution in [0.4, 0.5) is 0 Å². The van der Waals surface area contributed by atoms with E-state index in [1.54, 1.807) is 6.07 Å². The lowest BCUT2D eigenvalue weighted by Crippen LogP contribution is -2.51. The molecule has 0 aliphatic carbocycles. The van der Waals surface area contributed by atoms with Gasteiger partial charge in [0.2, 0.25) is 0 Å². The Morgan fingerprint density at radius 2 is 2.00 bits per heavy atom. The molecule has 88 valence electrons. The Hall–Kier alpha value is -1.30. The standard InChI is InChI=1S/C11H16N2O3/c14-9-2-1-7(5-10(9)15)11(16)8-6-12-3-4-13-8/h1-2,5,8,11-16H,3-4,6H2/t8-,11-/m0/s1. The van der Waals surface area contributed by atoms with Crippen LogP contribution in [0, 0.1) is 0 Å². The summed E-state index contributed by atoms with van der Waals surface area (Å²) in [5.74, 6) is -0.383. The second kappa shape index (κ2) is 4.69. The number of aliphatic hydroxyl groups excluding tert-OH is 1. The van der Waals surface area contributed by atoms with Crippen molar-refractivity contribution in [1.82, 2.24) is 10.6 Å². The van der Waals surface area contributed by atoms with Gasteiger partial charge in [0, 0.05) is 25.7 Å². The van der Waals surface area contributed by atoms with Gasteiger partial charge in [-0.25, -0.2) is 0 Å². The van der Waals surface area contributed by atoms with Crippen molar-refractivity contribution in [3.63, 3.8) is 0 Å². The molecule has 1 heterocycles. The topological polar surface area (TPSA) is 84.8 Å². The summed E-state index contributed by atoms with van der Waals surface area (Å²) >= 11 is 0. The van der Waals surface area contributed by atoms with Gasteiger partial charge in [0.05, 0.1) is 6.10 Å². The molecule has 1 aliphatic heterocycles. The summed E-state index contributed by atoms with van der Waals surface area (Å²) in [6, 6.07) is 4.30. The molecule has 5 N–H and O–H groups in total. The van der Waals surface area contributed by atoms with Crippen molar-refractivity contribution in [2.75, 3.05) is 19.6 Å². The Bertz CT molecular complexity index is 364. The molecule has 2 rings (SSSR count). The smallest absolute Gasteiger partial charge is 0.157 e. The number of nitrogens with one attached hydrogen (secondary N) is 2. The quantitative estimate of drug-likeness (QED) is 0.445. The second-order valence-electron chi connectivity index (χ2n) is 3.96. The van der Waals surface area contributed by atoms with Gasteiger partial charge >= 0.3 is 0 Å². The van der Waals surface area contributed by atoms with E-state index in [9.17, 15) is 15.3 Å². The van der Waals surface area contributed by atoms with Crippen LogP contribution in [-0.4, -0.2) is 41.0 Å². The van der Waals surface area contributed by atoms with Crippen molar-refractivity contribution in [2.24, 2.45) is 0 Å². The van der Waals surface area contributed by atoms with Crippen molar-refractivity contribution in [2.45, 2.75) is 12.1 Å². The normalized spacial score (nSPS) is 22.9. The third-order valence-corrected chi connectivity index (χ3v) is 2.79. The lowest BCUT2D eigenvalue weighted by Gasteiger charge is -2.29. The molecular formula is C11H16N2O3. The molecule has 5 nitrogen and oxygen atoms in total. The maximum absolute atomic E-state index is 10.1. The Balaban J connectivity index is 2.12. The number of hydrogen-bond acceptors (Lipinski definition) is 5. The van der Waals surface area contributed by atoms with Crippen LogP contribution in [0.2, 0.25) is 0 Å². The van der Waals surface area contributed by atoms with Crippen LogP contribution in [-0.2, 0) is 0 Å². The molecule has 0 unspecified atom stereocenters. The molecule has 1 aromatic rings. The zero-order valence-electron chi connectivity index (χ0n) is 8.85.